The van der Waals surface area contributed by atoms with E-state index in [1.807, 2.05) is 0 Å². The van der Waals surface area contributed by atoms with Gasteiger partial charge in [-0.15, -0.1) is 0 Å². The number of nitrogens with zero attached hydrogens (tertiary/aromatic N) is 2. The van der Waals surface area contributed by atoms with E-state index in [0.29, 0.717) is 31.5 Å². The van der Waals surface area contributed by atoms with Gasteiger partial charge in [-0.25, -0.2) is 0 Å². The van der Waals surface area contributed by atoms with Crippen molar-refractivity contribution in [2.45, 2.75) is 38.8 Å². The van der Waals surface area contributed by atoms with E-state index in [9.17, 15) is 9.59 Å². The number of carbonyl (C=O) groups excluding carboxylic acids is 2. The summed E-state index contributed by atoms with van der Waals surface area (Å²) in [5, 5.41) is 3.47. The van der Waals surface area contributed by atoms with Gasteiger partial charge in [-0.3, -0.25) is 19.4 Å². The summed E-state index contributed by atoms with van der Waals surface area (Å²) in [6.45, 7) is 7.65. The second kappa shape index (κ2) is 5.14. The van der Waals surface area contributed by atoms with Gasteiger partial charge >= 0.3 is 0 Å². The predicted molar refractivity (Wildman–Crippen MR) is 64.5 cm³/mol. The van der Waals surface area contributed by atoms with Gasteiger partial charge in [-0.2, -0.15) is 0 Å². The van der Waals surface area contributed by atoms with Gasteiger partial charge < -0.3 is 5.32 Å². The maximum Gasteiger partial charge on any atom is 0.229 e. The molecule has 17 heavy (non-hydrogen) atoms. The molecule has 2 amide bonds. The molecule has 0 aliphatic carbocycles. The van der Waals surface area contributed by atoms with Crippen molar-refractivity contribution in [3.63, 3.8) is 0 Å². The number of nitrogens with one attached hydrogen (secondary N) is 1. The molecule has 5 heteroatoms. The van der Waals surface area contributed by atoms with Crippen LogP contribution in [0.5, 0.6) is 0 Å². The zero-order chi connectivity index (χ0) is 12.4. The number of amides is 2. The molecule has 2 fully saturated rings. The third kappa shape index (κ3) is 3.04. The molecule has 0 radical (unpaired) electrons. The zero-order valence-electron chi connectivity index (χ0n) is 10.6. The average molecular weight is 239 g/mol. The van der Waals surface area contributed by atoms with Crippen LogP contribution in [0.15, 0.2) is 0 Å². The van der Waals surface area contributed by atoms with Crippen LogP contribution in [0.4, 0.5) is 0 Å². The highest BCUT2D eigenvalue weighted by atomic mass is 16.2. The van der Waals surface area contributed by atoms with Crippen LogP contribution in [0.25, 0.3) is 0 Å². The van der Waals surface area contributed by atoms with Gasteiger partial charge in [0.2, 0.25) is 11.8 Å². The Morgan fingerprint density at radius 1 is 1.06 bits per heavy atom. The molecule has 0 aromatic carbocycles. The van der Waals surface area contributed by atoms with Crippen molar-refractivity contribution < 1.29 is 9.59 Å². The van der Waals surface area contributed by atoms with Crippen LogP contribution in [0.2, 0.25) is 0 Å². The summed E-state index contributed by atoms with van der Waals surface area (Å²) < 4.78 is 0. The lowest BCUT2D eigenvalue weighted by atomic mass is 10.1. The molecule has 2 unspecified atom stereocenters. The highest BCUT2D eigenvalue weighted by molar-refractivity contribution is 6.01. The second-order valence-electron chi connectivity index (χ2n) is 5.17. The van der Waals surface area contributed by atoms with Gasteiger partial charge in [-0.05, 0) is 13.8 Å². The van der Waals surface area contributed by atoms with Crippen LogP contribution in [-0.2, 0) is 9.59 Å². The fraction of sp³-hybridized carbons (Fsp3) is 0.833. The van der Waals surface area contributed by atoms with E-state index in [1.165, 1.54) is 4.90 Å². The molecule has 5 nitrogen and oxygen atoms in total. The summed E-state index contributed by atoms with van der Waals surface area (Å²) in [7, 11) is 0. The predicted octanol–water partition coefficient (Wildman–Crippen LogP) is -0.182. The van der Waals surface area contributed by atoms with Gasteiger partial charge in [0, 0.05) is 51.1 Å². The SMILES string of the molecule is CC1CN(CCN2C(=O)CCC2=O)CC(C)N1. The molecule has 2 heterocycles. The molecule has 2 aliphatic heterocycles. The Kier molecular flexibility index (Phi) is 3.79. The molecule has 96 valence electrons. The molecule has 0 aromatic heterocycles. The maximum absolute atomic E-state index is 11.5. The molecule has 1 N–H and O–H groups in total. The third-order valence-corrected chi connectivity index (χ3v) is 3.43. The number of imide groups is 1. The van der Waals surface area contributed by atoms with Crippen molar-refractivity contribution in [2.75, 3.05) is 26.2 Å². The van der Waals surface area contributed by atoms with Crippen molar-refractivity contribution >= 4 is 11.8 Å². The van der Waals surface area contributed by atoms with E-state index in [-0.39, 0.29) is 11.8 Å². The Morgan fingerprint density at radius 3 is 2.12 bits per heavy atom. The lowest BCUT2D eigenvalue weighted by Crippen LogP contribution is -2.55. The molecule has 2 rings (SSSR count). The molecule has 0 saturated carbocycles. The Morgan fingerprint density at radius 2 is 1.59 bits per heavy atom. The fourth-order valence-electron chi connectivity index (χ4n) is 2.74. The maximum atomic E-state index is 11.5. The minimum Gasteiger partial charge on any atom is -0.309 e. The van der Waals surface area contributed by atoms with Crippen LogP contribution in [-0.4, -0.2) is 59.9 Å². The van der Waals surface area contributed by atoms with E-state index < -0.39 is 0 Å². The fourth-order valence-corrected chi connectivity index (χ4v) is 2.74. The van der Waals surface area contributed by atoms with E-state index >= 15 is 0 Å². The Bertz CT molecular complexity index is 293. The highest BCUT2D eigenvalue weighted by Crippen LogP contribution is 2.12. The van der Waals surface area contributed by atoms with Crippen LogP contribution < -0.4 is 5.32 Å². The first-order valence-corrected chi connectivity index (χ1v) is 6.38. The molecule has 0 spiro atoms. The topological polar surface area (TPSA) is 52.7 Å². The highest BCUT2D eigenvalue weighted by Gasteiger charge is 2.29. The molecular formula is C12H21N3O2. The van der Waals surface area contributed by atoms with E-state index in [4.69, 9.17) is 0 Å². The molecular weight excluding hydrogens is 218 g/mol. The zero-order valence-corrected chi connectivity index (χ0v) is 10.6. The van der Waals surface area contributed by atoms with Crippen molar-refractivity contribution in [1.82, 2.24) is 15.1 Å². The minimum atomic E-state index is -0.00812. The van der Waals surface area contributed by atoms with E-state index in [1.54, 1.807) is 0 Å². The summed E-state index contributed by atoms with van der Waals surface area (Å²) in [6.07, 6.45) is 0.792. The Labute approximate surface area is 102 Å². The summed E-state index contributed by atoms with van der Waals surface area (Å²) in [4.78, 5) is 26.7. The van der Waals surface area contributed by atoms with Gasteiger partial charge in [-0.1, -0.05) is 0 Å². The van der Waals surface area contributed by atoms with Crippen molar-refractivity contribution in [2.24, 2.45) is 0 Å². The number of rotatable bonds is 3. The van der Waals surface area contributed by atoms with Crippen LogP contribution in [0, 0.1) is 0 Å². The van der Waals surface area contributed by atoms with Gasteiger partial charge in [0.1, 0.15) is 0 Å². The number of carbonyl (C=O) groups is 2. The average Bonchev–Trinajstić information content (AvgIpc) is 2.55. The van der Waals surface area contributed by atoms with Crippen LogP contribution in [0.3, 0.4) is 0 Å². The third-order valence-electron chi connectivity index (χ3n) is 3.43. The molecule has 2 saturated heterocycles. The summed E-state index contributed by atoms with van der Waals surface area (Å²) in [6, 6.07) is 0.951. The Balaban J connectivity index is 1.81. The van der Waals surface area contributed by atoms with E-state index in [0.717, 1.165) is 19.6 Å². The summed E-state index contributed by atoms with van der Waals surface area (Å²) in [5.41, 5.74) is 0. The first-order valence-electron chi connectivity index (χ1n) is 6.38. The molecule has 0 aromatic rings. The number of hydrogen-bond donors (Lipinski definition) is 1. The smallest absolute Gasteiger partial charge is 0.229 e. The van der Waals surface area contributed by atoms with Gasteiger partial charge in [0.25, 0.3) is 0 Å². The molecule has 0 bridgehead atoms. The van der Waals surface area contributed by atoms with Crippen LogP contribution >= 0.6 is 0 Å². The first-order chi connectivity index (χ1) is 8.06. The first kappa shape index (κ1) is 12.5. The normalized spacial score (nSPS) is 31.3. The minimum absolute atomic E-state index is 0.00812. The lowest BCUT2D eigenvalue weighted by Gasteiger charge is -2.36. The standard InChI is InChI=1S/C12H21N3O2/c1-9-7-14(8-10(2)13-9)5-6-15-11(16)3-4-12(15)17/h9-10,13H,3-8H2,1-2H3. The Hall–Kier alpha value is -0.940. The molecule has 2 atom stereocenters. The number of likely N-dealkylation sites (tertiary alicyclic amines) is 1. The summed E-state index contributed by atoms with van der Waals surface area (Å²) in [5.74, 6) is -0.0162. The lowest BCUT2D eigenvalue weighted by molar-refractivity contribution is -0.138. The van der Waals surface area contributed by atoms with E-state index in [2.05, 4.69) is 24.1 Å². The number of hydrogen-bond acceptors (Lipinski definition) is 4. The summed E-state index contributed by atoms with van der Waals surface area (Å²) >= 11 is 0. The van der Waals surface area contributed by atoms with Gasteiger partial charge in [0.05, 0.1) is 0 Å². The monoisotopic (exact) mass is 239 g/mol. The second-order valence-corrected chi connectivity index (χ2v) is 5.17. The quantitative estimate of drug-likeness (QED) is 0.694. The number of piperazine rings is 1. The van der Waals surface area contributed by atoms with Crippen molar-refractivity contribution in [3.05, 3.63) is 0 Å². The molecule has 2 aliphatic rings. The largest absolute Gasteiger partial charge is 0.309 e. The van der Waals surface area contributed by atoms with Crippen molar-refractivity contribution in [1.29, 1.82) is 0 Å². The van der Waals surface area contributed by atoms with Crippen molar-refractivity contribution in [3.8, 4) is 0 Å². The van der Waals surface area contributed by atoms with Crippen LogP contribution in [0.1, 0.15) is 26.7 Å². The van der Waals surface area contributed by atoms with Gasteiger partial charge in [0.15, 0.2) is 0 Å².